The Morgan fingerprint density at radius 1 is 0.943 bits per heavy atom. The van der Waals surface area contributed by atoms with Gasteiger partial charge in [0.05, 0.1) is 12.7 Å². The van der Waals surface area contributed by atoms with Crippen LogP contribution in [0.4, 0.5) is 4.79 Å². The van der Waals surface area contributed by atoms with Gasteiger partial charge in [-0.15, -0.1) is 0 Å². The number of carbonyl (C=O) groups excluding carboxylic acids is 4. The van der Waals surface area contributed by atoms with E-state index in [1.165, 1.54) is 19.2 Å². The van der Waals surface area contributed by atoms with Crippen molar-refractivity contribution < 1.29 is 23.9 Å². The summed E-state index contributed by atoms with van der Waals surface area (Å²) < 4.78 is 5.13. The molecule has 0 aliphatic carbocycles. The summed E-state index contributed by atoms with van der Waals surface area (Å²) in [5.74, 6) is -1.82. The summed E-state index contributed by atoms with van der Waals surface area (Å²) in [4.78, 5) is 52.3. The third kappa shape index (κ3) is 4.53. The van der Waals surface area contributed by atoms with Gasteiger partial charge in [-0.25, -0.2) is 4.79 Å². The first kappa shape index (κ1) is 23.8. The Labute approximate surface area is 206 Å². The SMILES string of the molecule is COc1ccc(Cl)cc1C(=O)NNC(=O)CN1C(=O)NC(c2ccccc2)(c2ccccc2)C1=O. The number of benzene rings is 3. The second-order valence-corrected chi connectivity index (χ2v) is 8.09. The number of halogens is 1. The van der Waals surface area contributed by atoms with Crippen LogP contribution < -0.4 is 20.9 Å². The van der Waals surface area contributed by atoms with Crippen molar-refractivity contribution in [2.24, 2.45) is 0 Å². The Bertz CT molecular complexity index is 1240. The van der Waals surface area contributed by atoms with E-state index < -0.39 is 35.8 Å². The first-order chi connectivity index (χ1) is 16.9. The molecule has 10 heteroatoms. The van der Waals surface area contributed by atoms with Crippen LogP contribution in [0.15, 0.2) is 78.9 Å². The van der Waals surface area contributed by atoms with Crippen molar-refractivity contribution in [1.29, 1.82) is 0 Å². The molecule has 9 nitrogen and oxygen atoms in total. The normalized spacial score (nSPS) is 14.3. The van der Waals surface area contributed by atoms with Gasteiger partial charge >= 0.3 is 6.03 Å². The van der Waals surface area contributed by atoms with Gasteiger partial charge < -0.3 is 10.1 Å². The van der Waals surface area contributed by atoms with E-state index in [0.717, 1.165) is 4.90 Å². The Morgan fingerprint density at radius 2 is 1.54 bits per heavy atom. The molecule has 178 valence electrons. The molecule has 0 aromatic heterocycles. The van der Waals surface area contributed by atoms with E-state index in [-0.39, 0.29) is 11.3 Å². The largest absolute Gasteiger partial charge is 0.496 e. The average molecular weight is 493 g/mol. The van der Waals surface area contributed by atoms with Crippen molar-refractivity contribution in [2.45, 2.75) is 5.54 Å². The number of ether oxygens (including phenoxy) is 1. The minimum Gasteiger partial charge on any atom is -0.496 e. The predicted molar refractivity (Wildman–Crippen MR) is 128 cm³/mol. The number of carbonyl (C=O) groups is 4. The molecule has 4 rings (SSSR count). The van der Waals surface area contributed by atoms with Crippen molar-refractivity contribution in [3.8, 4) is 5.75 Å². The molecule has 0 bridgehead atoms. The van der Waals surface area contributed by atoms with Gasteiger partial charge in [-0.2, -0.15) is 0 Å². The average Bonchev–Trinajstić information content (AvgIpc) is 3.14. The van der Waals surface area contributed by atoms with Gasteiger partial charge in [0.15, 0.2) is 5.54 Å². The number of rotatable bonds is 6. The maximum atomic E-state index is 13.6. The van der Waals surface area contributed by atoms with Crippen molar-refractivity contribution in [2.75, 3.05) is 13.7 Å². The molecule has 0 unspecified atom stereocenters. The van der Waals surface area contributed by atoms with E-state index in [9.17, 15) is 19.2 Å². The molecule has 1 fully saturated rings. The smallest absolute Gasteiger partial charge is 0.326 e. The summed E-state index contributed by atoms with van der Waals surface area (Å²) in [6.45, 7) is -0.612. The number of urea groups is 1. The van der Waals surface area contributed by atoms with Gasteiger partial charge in [-0.1, -0.05) is 72.3 Å². The Hall–Kier alpha value is -4.37. The predicted octanol–water partition coefficient (Wildman–Crippen LogP) is 2.61. The maximum Gasteiger partial charge on any atom is 0.326 e. The molecular weight excluding hydrogens is 472 g/mol. The lowest BCUT2D eigenvalue weighted by atomic mass is 9.82. The molecular formula is C25H21ClN4O5. The second kappa shape index (κ2) is 9.86. The van der Waals surface area contributed by atoms with Gasteiger partial charge in [0.1, 0.15) is 12.3 Å². The zero-order valence-electron chi connectivity index (χ0n) is 18.6. The van der Waals surface area contributed by atoms with E-state index in [1.807, 2.05) is 0 Å². The van der Waals surface area contributed by atoms with Gasteiger partial charge in [0.25, 0.3) is 17.7 Å². The quantitative estimate of drug-likeness (QED) is 0.361. The Kier molecular flexibility index (Phi) is 6.70. The summed E-state index contributed by atoms with van der Waals surface area (Å²) in [5, 5.41) is 3.06. The monoisotopic (exact) mass is 492 g/mol. The third-order valence-corrected chi connectivity index (χ3v) is 5.78. The zero-order valence-corrected chi connectivity index (χ0v) is 19.3. The highest BCUT2D eigenvalue weighted by Crippen LogP contribution is 2.35. The number of nitrogens with one attached hydrogen (secondary N) is 3. The van der Waals surface area contributed by atoms with Gasteiger partial charge in [-0.05, 0) is 29.3 Å². The lowest BCUT2D eigenvalue weighted by Gasteiger charge is -2.28. The molecule has 1 aliphatic heterocycles. The van der Waals surface area contributed by atoms with Crippen molar-refractivity contribution in [3.63, 3.8) is 0 Å². The minimum atomic E-state index is -1.49. The molecule has 0 spiro atoms. The highest BCUT2D eigenvalue weighted by atomic mass is 35.5. The van der Waals surface area contributed by atoms with Crippen molar-refractivity contribution in [1.82, 2.24) is 21.1 Å². The first-order valence-corrected chi connectivity index (χ1v) is 10.9. The van der Waals surface area contributed by atoms with Gasteiger partial charge in [0.2, 0.25) is 0 Å². The Balaban J connectivity index is 1.52. The molecule has 0 radical (unpaired) electrons. The number of amides is 5. The van der Waals surface area contributed by atoms with Crippen LogP contribution in [0.3, 0.4) is 0 Å². The van der Waals surface area contributed by atoms with E-state index >= 15 is 0 Å². The van der Waals surface area contributed by atoms with E-state index in [2.05, 4.69) is 16.2 Å². The summed E-state index contributed by atoms with van der Waals surface area (Å²) in [5.41, 5.74) is 4.17. The lowest BCUT2D eigenvalue weighted by Crippen LogP contribution is -2.49. The molecule has 0 atom stereocenters. The van der Waals surface area contributed by atoms with E-state index in [4.69, 9.17) is 16.3 Å². The summed E-state index contributed by atoms with van der Waals surface area (Å²) in [6.07, 6.45) is 0. The summed E-state index contributed by atoms with van der Waals surface area (Å²) in [7, 11) is 1.39. The highest BCUT2D eigenvalue weighted by Gasteiger charge is 2.54. The summed E-state index contributed by atoms with van der Waals surface area (Å²) >= 11 is 5.94. The molecule has 5 amide bonds. The molecule has 1 heterocycles. The van der Waals surface area contributed by atoms with Gasteiger partial charge in [0, 0.05) is 5.02 Å². The molecule has 1 aliphatic rings. The van der Waals surface area contributed by atoms with Crippen molar-refractivity contribution in [3.05, 3.63) is 101 Å². The van der Waals surface area contributed by atoms with Crippen LogP contribution in [0, 0.1) is 0 Å². The molecule has 3 aromatic rings. The minimum absolute atomic E-state index is 0.0995. The van der Waals surface area contributed by atoms with Crippen LogP contribution in [0.5, 0.6) is 5.75 Å². The van der Waals surface area contributed by atoms with Crippen LogP contribution in [-0.4, -0.2) is 42.3 Å². The maximum absolute atomic E-state index is 13.6. The molecule has 3 aromatic carbocycles. The molecule has 3 N–H and O–H groups in total. The molecule has 35 heavy (non-hydrogen) atoms. The number of methoxy groups -OCH3 is 1. The number of hydrazine groups is 1. The molecule has 1 saturated heterocycles. The number of nitrogens with zero attached hydrogens (tertiary/aromatic N) is 1. The highest BCUT2D eigenvalue weighted by molar-refractivity contribution is 6.31. The van der Waals surface area contributed by atoms with Crippen LogP contribution in [-0.2, 0) is 15.1 Å². The van der Waals surface area contributed by atoms with Crippen LogP contribution in [0.1, 0.15) is 21.5 Å². The fraction of sp³-hybridized carbons (Fsp3) is 0.120. The topological polar surface area (TPSA) is 117 Å². The van der Waals surface area contributed by atoms with Crippen LogP contribution in [0.2, 0.25) is 5.02 Å². The fourth-order valence-corrected chi connectivity index (χ4v) is 4.06. The number of hydrogen-bond acceptors (Lipinski definition) is 5. The number of hydrogen-bond donors (Lipinski definition) is 3. The van der Waals surface area contributed by atoms with Crippen molar-refractivity contribution >= 4 is 35.4 Å². The van der Waals surface area contributed by atoms with Crippen LogP contribution >= 0.6 is 11.6 Å². The number of imide groups is 1. The zero-order chi connectivity index (χ0) is 25.0. The van der Waals surface area contributed by atoms with Crippen LogP contribution in [0.25, 0.3) is 0 Å². The summed E-state index contributed by atoms with van der Waals surface area (Å²) in [6, 6.07) is 21.3. The molecule has 0 saturated carbocycles. The van der Waals surface area contributed by atoms with E-state index in [0.29, 0.717) is 16.1 Å². The lowest BCUT2D eigenvalue weighted by molar-refractivity contribution is -0.134. The Morgan fingerprint density at radius 3 is 2.11 bits per heavy atom. The first-order valence-electron chi connectivity index (χ1n) is 10.5. The second-order valence-electron chi connectivity index (χ2n) is 7.65. The standard InChI is InChI=1S/C25H21ClN4O5/c1-35-20-13-12-18(26)14-19(20)22(32)29-28-21(31)15-30-23(33)25(27-24(30)34,16-8-4-2-5-9-16)17-10-6-3-7-11-17/h2-14H,15H2,1H3,(H,27,34)(H,28,31)(H,29,32). The third-order valence-electron chi connectivity index (χ3n) is 5.54. The fourth-order valence-electron chi connectivity index (χ4n) is 3.89. The van der Waals surface area contributed by atoms with E-state index in [1.54, 1.807) is 66.7 Å². The van der Waals surface area contributed by atoms with Gasteiger partial charge in [-0.3, -0.25) is 30.1 Å².